The Balaban J connectivity index is 2.25. The lowest BCUT2D eigenvalue weighted by molar-refractivity contribution is 0.627. The summed E-state index contributed by atoms with van der Waals surface area (Å²) in [5.74, 6) is 0.716. The number of rotatable bonds is 2. The standard InChI is InChI=1S/C10H14N2/c1-7-4-5-12-6-9(7)10(11)8-2-3-8/h4-6,8,10H,2-3,11H2,1H3/t10-/m1/s1. The molecule has 0 saturated heterocycles. The molecule has 0 aliphatic heterocycles. The molecule has 0 unspecified atom stereocenters. The van der Waals surface area contributed by atoms with Crippen molar-refractivity contribution in [2.45, 2.75) is 25.8 Å². The average molecular weight is 162 g/mol. The number of hydrogen-bond acceptors (Lipinski definition) is 2. The Morgan fingerprint density at radius 3 is 2.92 bits per heavy atom. The molecular formula is C10H14N2. The van der Waals surface area contributed by atoms with Crippen molar-refractivity contribution < 1.29 is 0 Å². The van der Waals surface area contributed by atoms with Gasteiger partial charge in [-0.2, -0.15) is 0 Å². The van der Waals surface area contributed by atoms with Crippen LogP contribution in [0.15, 0.2) is 18.5 Å². The topological polar surface area (TPSA) is 38.9 Å². The van der Waals surface area contributed by atoms with Gasteiger partial charge in [-0.15, -0.1) is 0 Å². The van der Waals surface area contributed by atoms with Gasteiger partial charge < -0.3 is 5.73 Å². The maximum atomic E-state index is 6.06. The predicted molar refractivity (Wildman–Crippen MR) is 48.6 cm³/mol. The average Bonchev–Trinajstić information content (AvgIpc) is 2.86. The highest BCUT2D eigenvalue weighted by molar-refractivity contribution is 5.26. The molecule has 0 radical (unpaired) electrons. The summed E-state index contributed by atoms with van der Waals surface area (Å²) in [5, 5.41) is 0. The van der Waals surface area contributed by atoms with Crippen LogP contribution in [0.25, 0.3) is 0 Å². The fraction of sp³-hybridized carbons (Fsp3) is 0.500. The van der Waals surface area contributed by atoms with Crippen LogP contribution >= 0.6 is 0 Å². The highest BCUT2D eigenvalue weighted by Crippen LogP contribution is 2.39. The summed E-state index contributed by atoms with van der Waals surface area (Å²) in [6.45, 7) is 2.10. The highest BCUT2D eigenvalue weighted by Gasteiger charge is 2.30. The molecule has 1 atom stereocenters. The van der Waals surface area contributed by atoms with Crippen LogP contribution in [0.2, 0.25) is 0 Å². The number of nitrogens with two attached hydrogens (primary N) is 1. The zero-order valence-electron chi connectivity index (χ0n) is 7.33. The highest BCUT2D eigenvalue weighted by atomic mass is 14.7. The molecule has 1 heterocycles. The molecule has 1 aromatic rings. The lowest BCUT2D eigenvalue weighted by Crippen LogP contribution is -2.13. The molecule has 1 saturated carbocycles. The second kappa shape index (κ2) is 2.87. The van der Waals surface area contributed by atoms with Gasteiger partial charge in [0.2, 0.25) is 0 Å². The smallest absolute Gasteiger partial charge is 0.0341 e. The Hall–Kier alpha value is -0.890. The lowest BCUT2D eigenvalue weighted by Gasteiger charge is -2.12. The first-order valence-corrected chi connectivity index (χ1v) is 4.45. The molecule has 64 valence electrons. The first-order chi connectivity index (χ1) is 5.79. The molecular weight excluding hydrogens is 148 g/mol. The second-order valence-electron chi connectivity index (χ2n) is 3.60. The number of nitrogens with zero attached hydrogens (tertiary/aromatic N) is 1. The van der Waals surface area contributed by atoms with Crippen LogP contribution in [-0.2, 0) is 0 Å². The van der Waals surface area contributed by atoms with E-state index in [1.807, 2.05) is 18.5 Å². The van der Waals surface area contributed by atoms with E-state index in [9.17, 15) is 0 Å². The van der Waals surface area contributed by atoms with Crippen LogP contribution in [0.1, 0.15) is 30.0 Å². The Morgan fingerprint density at radius 1 is 1.58 bits per heavy atom. The van der Waals surface area contributed by atoms with Gasteiger partial charge in [0.1, 0.15) is 0 Å². The molecule has 2 N–H and O–H groups in total. The van der Waals surface area contributed by atoms with E-state index in [-0.39, 0.29) is 6.04 Å². The van der Waals surface area contributed by atoms with Crippen LogP contribution in [0.3, 0.4) is 0 Å². The maximum absolute atomic E-state index is 6.06. The van der Waals surface area contributed by atoms with Crippen molar-refractivity contribution in [1.29, 1.82) is 0 Å². The van der Waals surface area contributed by atoms with E-state index < -0.39 is 0 Å². The first-order valence-electron chi connectivity index (χ1n) is 4.45. The van der Waals surface area contributed by atoms with Crippen molar-refractivity contribution in [2.75, 3.05) is 0 Å². The Morgan fingerprint density at radius 2 is 2.33 bits per heavy atom. The van der Waals surface area contributed by atoms with Gasteiger partial charge >= 0.3 is 0 Å². The molecule has 0 amide bonds. The minimum absolute atomic E-state index is 0.221. The van der Waals surface area contributed by atoms with Crippen LogP contribution in [0.4, 0.5) is 0 Å². The van der Waals surface area contributed by atoms with Crippen molar-refractivity contribution >= 4 is 0 Å². The fourth-order valence-corrected chi connectivity index (χ4v) is 1.53. The molecule has 0 bridgehead atoms. The van der Waals surface area contributed by atoms with Crippen LogP contribution < -0.4 is 5.73 Å². The summed E-state index contributed by atoms with van der Waals surface area (Å²) in [5.41, 5.74) is 8.55. The van der Waals surface area contributed by atoms with E-state index >= 15 is 0 Å². The van der Waals surface area contributed by atoms with Crippen LogP contribution in [0, 0.1) is 12.8 Å². The number of aryl methyl sites for hydroxylation is 1. The molecule has 1 aromatic heterocycles. The third-order valence-corrected chi connectivity index (χ3v) is 2.57. The van der Waals surface area contributed by atoms with E-state index in [2.05, 4.69) is 11.9 Å². The van der Waals surface area contributed by atoms with Gasteiger partial charge in [0.05, 0.1) is 0 Å². The van der Waals surface area contributed by atoms with Crippen molar-refractivity contribution in [1.82, 2.24) is 4.98 Å². The van der Waals surface area contributed by atoms with E-state index in [4.69, 9.17) is 5.73 Å². The van der Waals surface area contributed by atoms with E-state index in [1.54, 1.807) is 0 Å². The molecule has 0 spiro atoms. The summed E-state index contributed by atoms with van der Waals surface area (Å²) in [6.07, 6.45) is 6.29. The van der Waals surface area contributed by atoms with Gasteiger partial charge in [0.25, 0.3) is 0 Å². The number of pyridine rings is 1. The van der Waals surface area contributed by atoms with Crippen molar-refractivity contribution in [3.8, 4) is 0 Å². The van der Waals surface area contributed by atoms with Crippen molar-refractivity contribution in [3.63, 3.8) is 0 Å². The Bertz CT molecular complexity index is 279. The molecule has 2 nitrogen and oxygen atoms in total. The van der Waals surface area contributed by atoms with Gasteiger partial charge in [-0.1, -0.05) is 0 Å². The van der Waals surface area contributed by atoms with Crippen LogP contribution in [0.5, 0.6) is 0 Å². The zero-order chi connectivity index (χ0) is 8.55. The summed E-state index contributed by atoms with van der Waals surface area (Å²) in [4.78, 5) is 4.10. The number of hydrogen-bond donors (Lipinski definition) is 1. The largest absolute Gasteiger partial charge is 0.324 e. The second-order valence-corrected chi connectivity index (χ2v) is 3.60. The molecule has 0 aromatic carbocycles. The molecule has 1 fully saturated rings. The molecule has 2 heteroatoms. The van der Waals surface area contributed by atoms with E-state index in [0.717, 1.165) is 0 Å². The minimum atomic E-state index is 0.221. The number of aromatic nitrogens is 1. The normalized spacial score (nSPS) is 19.2. The first kappa shape index (κ1) is 7.74. The van der Waals surface area contributed by atoms with Gasteiger partial charge in [0.15, 0.2) is 0 Å². The third kappa shape index (κ3) is 1.34. The SMILES string of the molecule is Cc1ccncc1[C@H](N)C1CC1. The predicted octanol–water partition coefficient (Wildman–Crippen LogP) is 1.80. The van der Waals surface area contributed by atoms with E-state index in [1.165, 1.54) is 24.0 Å². The molecule has 2 rings (SSSR count). The summed E-state index contributed by atoms with van der Waals surface area (Å²) in [7, 11) is 0. The maximum Gasteiger partial charge on any atom is 0.0341 e. The molecule has 1 aliphatic carbocycles. The zero-order valence-corrected chi connectivity index (χ0v) is 7.33. The molecule has 12 heavy (non-hydrogen) atoms. The quantitative estimate of drug-likeness (QED) is 0.720. The van der Waals surface area contributed by atoms with Crippen LogP contribution in [-0.4, -0.2) is 4.98 Å². The van der Waals surface area contributed by atoms with Crippen molar-refractivity contribution in [3.05, 3.63) is 29.6 Å². The molecule has 1 aliphatic rings. The van der Waals surface area contributed by atoms with Gasteiger partial charge in [-0.25, -0.2) is 0 Å². The monoisotopic (exact) mass is 162 g/mol. The Labute approximate surface area is 72.8 Å². The summed E-state index contributed by atoms with van der Waals surface area (Å²) in [6, 6.07) is 2.25. The van der Waals surface area contributed by atoms with Gasteiger partial charge in [-0.3, -0.25) is 4.98 Å². The summed E-state index contributed by atoms with van der Waals surface area (Å²) < 4.78 is 0. The van der Waals surface area contributed by atoms with E-state index in [0.29, 0.717) is 5.92 Å². The van der Waals surface area contributed by atoms with Gasteiger partial charge in [-0.05, 0) is 42.9 Å². The Kier molecular flexibility index (Phi) is 1.85. The summed E-state index contributed by atoms with van der Waals surface area (Å²) >= 11 is 0. The van der Waals surface area contributed by atoms with Crippen molar-refractivity contribution in [2.24, 2.45) is 11.7 Å². The third-order valence-electron chi connectivity index (χ3n) is 2.57. The minimum Gasteiger partial charge on any atom is -0.324 e. The fourth-order valence-electron chi connectivity index (χ4n) is 1.53. The lowest BCUT2D eigenvalue weighted by atomic mass is 10.0. The van der Waals surface area contributed by atoms with Gasteiger partial charge in [0, 0.05) is 18.4 Å².